The number of benzene rings is 1. The zero-order valence-corrected chi connectivity index (χ0v) is 7.70. The van der Waals surface area contributed by atoms with Gasteiger partial charge in [0.25, 0.3) is 0 Å². The standard InChI is InChI=1S/C9H8ClN3.CH4/c10-8-3-1-7(2-4-8)9(5-6-9)12-13-11;/h1-4H,5-6H2;1H4. The molecular formula is C10H12ClN3. The monoisotopic (exact) mass is 209 g/mol. The number of rotatable bonds is 2. The summed E-state index contributed by atoms with van der Waals surface area (Å²) in [5, 5.41) is 4.51. The minimum absolute atomic E-state index is 0. The number of azide groups is 1. The van der Waals surface area contributed by atoms with Crippen LogP contribution in [0.2, 0.25) is 5.02 Å². The Morgan fingerprint density at radius 2 is 1.86 bits per heavy atom. The van der Waals surface area contributed by atoms with Crippen LogP contribution in [0.15, 0.2) is 29.4 Å². The molecule has 0 heterocycles. The Balaban J connectivity index is 0.000000980. The lowest BCUT2D eigenvalue weighted by Gasteiger charge is -2.07. The summed E-state index contributed by atoms with van der Waals surface area (Å²) >= 11 is 5.76. The summed E-state index contributed by atoms with van der Waals surface area (Å²) in [6.07, 6.45) is 1.89. The van der Waals surface area contributed by atoms with E-state index in [9.17, 15) is 0 Å². The average Bonchev–Trinajstić information content (AvgIpc) is 2.87. The highest BCUT2D eigenvalue weighted by molar-refractivity contribution is 6.30. The van der Waals surface area contributed by atoms with Crippen LogP contribution in [0, 0.1) is 0 Å². The van der Waals surface area contributed by atoms with Crippen molar-refractivity contribution in [1.82, 2.24) is 0 Å². The number of hydrogen-bond acceptors (Lipinski definition) is 1. The van der Waals surface area contributed by atoms with E-state index < -0.39 is 0 Å². The van der Waals surface area contributed by atoms with E-state index in [0.29, 0.717) is 5.02 Å². The van der Waals surface area contributed by atoms with E-state index in [-0.39, 0.29) is 13.0 Å². The van der Waals surface area contributed by atoms with Crippen LogP contribution in [0.3, 0.4) is 0 Å². The first kappa shape index (κ1) is 10.9. The Morgan fingerprint density at radius 1 is 1.29 bits per heavy atom. The maximum absolute atomic E-state index is 8.39. The first-order valence-electron chi connectivity index (χ1n) is 4.09. The van der Waals surface area contributed by atoms with Gasteiger partial charge in [0, 0.05) is 9.93 Å². The van der Waals surface area contributed by atoms with E-state index in [1.807, 2.05) is 24.3 Å². The van der Waals surface area contributed by atoms with Crippen LogP contribution < -0.4 is 0 Å². The molecule has 0 radical (unpaired) electrons. The van der Waals surface area contributed by atoms with E-state index in [0.717, 1.165) is 18.4 Å². The molecular weight excluding hydrogens is 198 g/mol. The zero-order valence-electron chi connectivity index (χ0n) is 6.94. The summed E-state index contributed by atoms with van der Waals surface area (Å²) in [7, 11) is 0. The molecule has 1 aromatic rings. The quantitative estimate of drug-likeness (QED) is 0.397. The molecule has 0 saturated heterocycles. The second kappa shape index (κ2) is 3.91. The van der Waals surface area contributed by atoms with Crippen molar-refractivity contribution in [1.29, 1.82) is 0 Å². The Hall–Kier alpha value is -1.18. The van der Waals surface area contributed by atoms with E-state index >= 15 is 0 Å². The number of hydrogen-bond donors (Lipinski definition) is 0. The van der Waals surface area contributed by atoms with Crippen molar-refractivity contribution in [3.8, 4) is 0 Å². The minimum atomic E-state index is -0.265. The van der Waals surface area contributed by atoms with E-state index in [4.69, 9.17) is 17.1 Å². The Kier molecular flexibility index (Phi) is 3.04. The lowest BCUT2D eigenvalue weighted by atomic mass is 10.1. The molecule has 0 amide bonds. The van der Waals surface area contributed by atoms with Crippen LogP contribution in [0.1, 0.15) is 25.8 Å². The second-order valence-corrected chi connectivity index (χ2v) is 3.66. The van der Waals surface area contributed by atoms with Crippen molar-refractivity contribution in [3.63, 3.8) is 0 Å². The van der Waals surface area contributed by atoms with Crippen molar-refractivity contribution in [2.24, 2.45) is 5.11 Å². The molecule has 2 rings (SSSR count). The van der Waals surface area contributed by atoms with Crippen molar-refractivity contribution < 1.29 is 0 Å². The second-order valence-electron chi connectivity index (χ2n) is 3.23. The molecule has 74 valence electrons. The van der Waals surface area contributed by atoms with Gasteiger partial charge >= 0.3 is 0 Å². The van der Waals surface area contributed by atoms with E-state index in [2.05, 4.69) is 10.0 Å². The molecule has 1 saturated carbocycles. The largest absolute Gasteiger partial charge is 0.0843 e. The fraction of sp³-hybridized carbons (Fsp3) is 0.400. The summed E-state index contributed by atoms with van der Waals surface area (Å²) in [5.74, 6) is 0. The van der Waals surface area contributed by atoms with Gasteiger partial charge in [0.1, 0.15) is 0 Å². The highest BCUT2D eigenvalue weighted by Crippen LogP contribution is 2.49. The maximum atomic E-state index is 8.39. The lowest BCUT2D eigenvalue weighted by molar-refractivity contribution is 0.731. The minimum Gasteiger partial charge on any atom is -0.0843 e. The molecule has 0 spiro atoms. The summed E-state index contributed by atoms with van der Waals surface area (Å²) in [6, 6.07) is 7.49. The SMILES string of the molecule is C.[N-]=[N+]=NC1(c2ccc(Cl)cc2)CC1. The number of nitrogens with zero attached hydrogens (tertiary/aromatic N) is 3. The van der Waals surface area contributed by atoms with E-state index in [1.54, 1.807) is 0 Å². The fourth-order valence-corrected chi connectivity index (χ4v) is 1.54. The molecule has 4 heteroatoms. The molecule has 0 aliphatic heterocycles. The van der Waals surface area contributed by atoms with Crippen molar-refractivity contribution >= 4 is 11.6 Å². The zero-order chi connectivity index (χ0) is 9.31. The summed E-state index contributed by atoms with van der Waals surface area (Å²) in [4.78, 5) is 2.86. The van der Waals surface area contributed by atoms with Crippen molar-refractivity contribution in [2.75, 3.05) is 0 Å². The summed E-state index contributed by atoms with van der Waals surface area (Å²) in [5.41, 5.74) is 9.19. The van der Waals surface area contributed by atoms with Crippen LogP contribution in [0.5, 0.6) is 0 Å². The van der Waals surface area contributed by atoms with Gasteiger partial charge in [0.15, 0.2) is 0 Å². The Bertz CT molecular complexity index is 361. The third kappa shape index (κ3) is 1.84. The molecule has 0 N–H and O–H groups in total. The van der Waals surface area contributed by atoms with Crippen LogP contribution >= 0.6 is 11.6 Å². The maximum Gasteiger partial charge on any atom is 0.0738 e. The average molecular weight is 210 g/mol. The van der Waals surface area contributed by atoms with Crippen LogP contribution in [-0.4, -0.2) is 0 Å². The molecule has 1 aromatic carbocycles. The lowest BCUT2D eigenvalue weighted by Crippen LogP contribution is -1.99. The highest BCUT2D eigenvalue weighted by atomic mass is 35.5. The normalized spacial score (nSPS) is 16.4. The van der Waals surface area contributed by atoms with Gasteiger partial charge in [-0.2, -0.15) is 0 Å². The molecule has 1 fully saturated rings. The van der Waals surface area contributed by atoms with Gasteiger partial charge in [0.2, 0.25) is 0 Å². The molecule has 1 aliphatic rings. The predicted octanol–water partition coefficient (Wildman–Crippen LogP) is 4.28. The molecule has 1 aliphatic carbocycles. The van der Waals surface area contributed by atoms with Crippen molar-refractivity contribution in [3.05, 3.63) is 45.3 Å². The van der Waals surface area contributed by atoms with Gasteiger partial charge in [-0.3, -0.25) is 0 Å². The highest BCUT2D eigenvalue weighted by Gasteiger charge is 2.43. The van der Waals surface area contributed by atoms with Gasteiger partial charge in [0.05, 0.1) is 5.54 Å². The van der Waals surface area contributed by atoms with Gasteiger partial charge in [-0.1, -0.05) is 36.3 Å². The van der Waals surface area contributed by atoms with Gasteiger partial charge in [-0.05, 0) is 36.1 Å². The third-order valence-corrected chi connectivity index (χ3v) is 2.59. The first-order valence-corrected chi connectivity index (χ1v) is 4.47. The molecule has 3 nitrogen and oxygen atoms in total. The van der Waals surface area contributed by atoms with Gasteiger partial charge < -0.3 is 0 Å². The smallest absolute Gasteiger partial charge is 0.0738 e. The Morgan fingerprint density at radius 3 is 2.29 bits per heavy atom. The van der Waals surface area contributed by atoms with E-state index in [1.165, 1.54) is 0 Å². The topological polar surface area (TPSA) is 48.8 Å². The summed E-state index contributed by atoms with van der Waals surface area (Å²) < 4.78 is 0. The van der Waals surface area contributed by atoms with Crippen LogP contribution in [0.4, 0.5) is 0 Å². The molecule has 0 atom stereocenters. The summed E-state index contributed by atoms with van der Waals surface area (Å²) in [6.45, 7) is 0. The molecule has 0 unspecified atom stereocenters. The van der Waals surface area contributed by atoms with Crippen LogP contribution in [0.25, 0.3) is 10.4 Å². The van der Waals surface area contributed by atoms with Crippen LogP contribution in [-0.2, 0) is 5.54 Å². The fourth-order valence-electron chi connectivity index (χ4n) is 1.41. The predicted molar refractivity (Wildman–Crippen MR) is 58.2 cm³/mol. The van der Waals surface area contributed by atoms with Crippen molar-refractivity contribution in [2.45, 2.75) is 25.8 Å². The molecule has 0 bridgehead atoms. The number of halogens is 1. The molecule has 14 heavy (non-hydrogen) atoms. The third-order valence-electron chi connectivity index (χ3n) is 2.34. The van der Waals surface area contributed by atoms with Gasteiger partial charge in [-0.25, -0.2) is 0 Å². The Labute approximate surface area is 88.3 Å². The first-order chi connectivity index (χ1) is 6.27. The molecule has 0 aromatic heterocycles. The van der Waals surface area contributed by atoms with Gasteiger partial charge in [-0.15, -0.1) is 0 Å².